The number of carbonyl (C=O) groups is 1. The van der Waals surface area contributed by atoms with Crippen molar-refractivity contribution in [2.75, 3.05) is 20.7 Å². The van der Waals surface area contributed by atoms with Gasteiger partial charge >= 0.3 is 0 Å². The highest BCUT2D eigenvalue weighted by atomic mass is 32.2. The summed E-state index contributed by atoms with van der Waals surface area (Å²) < 4.78 is 34.2. The molecule has 0 saturated heterocycles. The van der Waals surface area contributed by atoms with Crippen molar-refractivity contribution in [2.45, 2.75) is 45.7 Å². The van der Waals surface area contributed by atoms with E-state index in [1.165, 1.54) is 4.31 Å². The first-order chi connectivity index (χ1) is 16.5. The van der Waals surface area contributed by atoms with Crippen molar-refractivity contribution in [3.8, 4) is 5.75 Å². The molecule has 3 aromatic carbocycles. The lowest BCUT2D eigenvalue weighted by Crippen LogP contribution is -2.41. The lowest BCUT2D eigenvalue weighted by Gasteiger charge is -2.26. The number of rotatable bonds is 9. The second kappa shape index (κ2) is 11.1. The maximum Gasteiger partial charge on any atom is 0.244 e. The molecule has 0 bridgehead atoms. The molecule has 0 atom stereocenters. The fourth-order valence-electron chi connectivity index (χ4n) is 4.19. The minimum Gasteiger partial charge on any atom is -0.497 e. The number of hydrogen-bond donors (Lipinski definition) is 0. The van der Waals surface area contributed by atoms with Crippen LogP contribution in [0, 0.1) is 27.7 Å². The number of amides is 1. The van der Waals surface area contributed by atoms with Gasteiger partial charge in [0.2, 0.25) is 15.9 Å². The van der Waals surface area contributed by atoms with E-state index >= 15 is 0 Å². The normalized spacial score (nSPS) is 11.5. The average Bonchev–Trinajstić information content (AvgIpc) is 2.79. The van der Waals surface area contributed by atoms with E-state index in [4.69, 9.17) is 4.74 Å². The van der Waals surface area contributed by atoms with E-state index in [0.717, 1.165) is 28.0 Å². The van der Waals surface area contributed by atoms with Crippen LogP contribution in [0.1, 0.15) is 33.4 Å². The summed E-state index contributed by atoms with van der Waals surface area (Å²) in [5, 5.41) is 0. The van der Waals surface area contributed by atoms with E-state index in [0.29, 0.717) is 17.7 Å². The molecule has 0 fully saturated rings. The van der Waals surface area contributed by atoms with E-state index in [1.807, 2.05) is 74.5 Å². The van der Waals surface area contributed by atoms with Gasteiger partial charge in [-0.3, -0.25) is 4.79 Å². The number of likely N-dealkylation sites (N-methyl/N-ethyl adjacent to an activating group) is 1. The maximum atomic E-state index is 13.9. The standard InChI is InChI=1S/C28H34N2O4S/c1-20-7-9-25(10-8-20)18-30(35(32,33)28-22(3)15-21(2)16-23(28)4)19-27(31)29(5)17-24-11-13-26(34-6)14-12-24/h7-16H,17-19H2,1-6H3. The number of ether oxygens (including phenoxy) is 1. The van der Waals surface area contributed by atoms with Gasteiger partial charge in [-0.05, 0) is 62.1 Å². The summed E-state index contributed by atoms with van der Waals surface area (Å²) in [5.41, 5.74) is 5.20. The van der Waals surface area contributed by atoms with Crippen LogP contribution in [0.15, 0.2) is 65.6 Å². The van der Waals surface area contributed by atoms with Crippen molar-refractivity contribution in [2.24, 2.45) is 0 Å². The van der Waals surface area contributed by atoms with Crippen LogP contribution in [0.4, 0.5) is 0 Å². The van der Waals surface area contributed by atoms with Gasteiger partial charge in [-0.15, -0.1) is 0 Å². The van der Waals surface area contributed by atoms with Gasteiger partial charge in [-0.1, -0.05) is 59.7 Å². The molecule has 0 unspecified atom stereocenters. The Hall–Kier alpha value is -3.16. The molecule has 0 aliphatic rings. The lowest BCUT2D eigenvalue weighted by molar-refractivity contribution is -0.130. The molecule has 0 aliphatic heterocycles. The van der Waals surface area contributed by atoms with Gasteiger partial charge in [-0.2, -0.15) is 4.31 Å². The number of carbonyl (C=O) groups excluding carboxylic acids is 1. The second-order valence-corrected chi connectivity index (χ2v) is 11.0. The Kier molecular flexibility index (Phi) is 8.35. The first kappa shape index (κ1) is 26.4. The van der Waals surface area contributed by atoms with Gasteiger partial charge in [0.05, 0.1) is 18.6 Å². The molecule has 3 rings (SSSR count). The van der Waals surface area contributed by atoms with Gasteiger partial charge in [0, 0.05) is 20.1 Å². The summed E-state index contributed by atoms with van der Waals surface area (Å²) in [6.07, 6.45) is 0. The fourth-order valence-corrected chi connectivity index (χ4v) is 5.98. The van der Waals surface area contributed by atoms with Gasteiger partial charge < -0.3 is 9.64 Å². The molecule has 0 spiro atoms. The number of benzene rings is 3. The van der Waals surface area contributed by atoms with E-state index in [1.54, 1.807) is 32.9 Å². The molecule has 0 saturated carbocycles. The Bertz CT molecular complexity index is 1260. The monoisotopic (exact) mass is 494 g/mol. The molecule has 35 heavy (non-hydrogen) atoms. The fraction of sp³-hybridized carbons (Fsp3) is 0.321. The third-order valence-corrected chi connectivity index (χ3v) is 8.10. The van der Waals surface area contributed by atoms with Crippen LogP contribution in [-0.2, 0) is 27.9 Å². The first-order valence-corrected chi connectivity index (χ1v) is 13.0. The minimum atomic E-state index is -3.93. The summed E-state index contributed by atoms with van der Waals surface area (Å²) >= 11 is 0. The summed E-state index contributed by atoms with van der Waals surface area (Å²) in [4.78, 5) is 15.0. The van der Waals surface area contributed by atoms with Gasteiger partial charge in [0.25, 0.3) is 0 Å². The Balaban J connectivity index is 1.90. The van der Waals surface area contributed by atoms with Gasteiger partial charge in [-0.25, -0.2) is 8.42 Å². The first-order valence-electron chi connectivity index (χ1n) is 11.5. The van der Waals surface area contributed by atoms with E-state index < -0.39 is 10.0 Å². The van der Waals surface area contributed by atoms with Crippen molar-refractivity contribution >= 4 is 15.9 Å². The van der Waals surface area contributed by atoms with E-state index in [2.05, 4.69) is 0 Å². The highest BCUT2D eigenvalue weighted by molar-refractivity contribution is 7.89. The molecule has 3 aromatic rings. The Morgan fingerprint density at radius 3 is 1.86 bits per heavy atom. The van der Waals surface area contributed by atoms with Crippen LogP contribution in [0.3, 0.4) is 0 Å². The van der Waals surface area contributed by atoms with Crippen LogP contribution >= 0.6 is 0 Å². The molecule has 186 valence electrons. The van der Waals surface area contributed by atoms with E-state index in [-0.39, 0.29) is 23.9 Å². The molecule has 7 heteroatoms. The zero-order valence-electron chi connectivity index (χ0n) is 21.3. The molecule has 0 N–H and O–H groups in total. The summed E-state index contributed by atoms with van der Waals surface area (Å²) in [6, 6.07) is 18.9. The molecule has 0 heterocycles. The minimum absolute atomic E-state index is 0.109. The average molecular weight is 495 g/mol. The van der Waals surface area contributed by atoms with Crippen LogP contribution < -0.4 is 4.74 Å². The predicted molar refractivity (Wildman–Crippen MR) is 139 cm³/mol. The topological polar surface area (TPSA) is 66.9 Å². The molecular weight excluding hydrogens is 460 g/mol. The van der Waals surface area contributed by atoms with Crippen molar-refractivity contribution in [3.63, 3.8) is 0 Å². The Morgan fingerprint density at radius 2 is 1.31 bits per heavy atom. The largest absolute Gasteiger partial charge is 0.497 e. The second-order valence-electron chi connectivity index (χ2n) is 9.08. The highest BCUT2D eigenvalue weighted by Crippen LogP contribution is 2.27. The number of methoxy groups -OCH3 is 1. The SMILES string of the molecule is COc1ccc(CN(C)C(=O)CN(Cc2ccc(C)cc2)S(=O)(=O)c2c(C)cc(C)cc2C)cc1. The third kappa shape index (κ3) is 6.50. The predicted octanol–water partition coefficient (Wildman–Crippen LogP) is 4.78. The molecule has 1 amide bonds. The quantitative estimate of drug-likeness (QED) is 0.429. The molecule has 6 nitrogen and oxygen atoms in total. The summed E-state index contributed by atoms with van der Waals surface area (Å²) in [7, 11) is -0.640. The third-order valence-electron chi connectivity index (χ3n) is 6.00. The van der Waals surface area contributed by atoms with Crippen LogP contribution in [-0.4, -0.2) is 44.2 Å². The number of sulfonamides is 1. The van der Waals surface area contributed by atoms with Gasteiger partial charge in [0.15, 0.2) is 0 Å². The summed E-state index contributed by atoms with van der Waals surface area (Å²) in [5.74, 6) is 0.459. The Morgan fingerprint density at radius 1 is 0.800 bits per heavy atom. The Labute approximate surface area is 209 Å². The van der Waals surface area contributed by atoms with Crippen molar-refractivity contribution < 1.29 is 17.9 Å². The van der Waals surface area contributed by atoms with Crippen molar-refractivity contribution in [1.82, 2.24) is 9.21 Å². The molecule has 0 aromatic heterocycles. The van der Waals surface area contributed by atoms with Gasteiger partial charge in [0.1, 0.15) is 5.75 Å². The van der Waals surface area contributed by atoms with Crippen molar-refractivity contribution in [3.05, 3.63) is 94.0 Å². The van der Waals surface area contributed by atoms with Crippen LogP contribution in [0.5, 0.6) is 5.75 Å². The molecular formula is C28H34N2O4S. The van der Waals surface area contributed by atoms with Crippen LogP contribution in [0.25, 0.3) is 0 Å². The smallest absolute Gasteiger partial charge is 0.244 e. The zero-order chi connectivity index (χ0) is 25.8. The number of nitrogens with zero attached hydrogens (tertiary/aromatic N) is 2. The maximum absolute atomic E-state index is 13.9. The lowest BCUT2D eigenvalue weighted by atomic mass is 10.1. The molecule has 0 aliphatic carbocycles. The number of hydrogen-bond acceptors (Lipinski definition) is 4. The van der Waals surface area contributed by atoms with E-state index in [9.17, 15) is 13.2 Å². The summed E-state index contributed by atoms with van der Waals surface area (Å²) in [6.45, 7) is 7.74. The molecule has 0 radical (unpaired) electrons. The van der Waals surface area contributed by atoms with Crippen molar-refractivity contribution in [1.29, 1.82) is 0 Å². The zero-order valence-corrected chi connectivity index (χ0v) is 22.1. The van der Waals surface area contributed by atoms with Crippen LogP contribution in [0.2, 0.25) is 0 Å². The number of aryl methyl sites for hydroxylation is 4. The highest BCUT2D eigenvalue weighted by Gasteiger charge is 2.30.